The number of rotatable bonds is 27. The number of hydrogen-bond donors (Lipinski definition) is 25. The third kappa shape index (κ3) is 18.7. The highest BCUT2D eigenvalue weighted by Crippen LogP contribution is 2.39. The zero-order valence-corrected chi connectivity index (χ0v) is 53.6. The Morgan fingerprint density at radius 3 is 1.28 bits per heavy atom. The number of nitrogens with one attached hydrogen (secondary N) is 5. The first-order chi connectivity index (χ1) is 46.6. The largest absolute Gasteiger partial charge is 0.477 e. The van der Waals surface area contributed by atoms with Crippen LogP contribution in [0.15, 0.2) is 0 Å². The summed E-state index contributed by atoms with van der Waals surface area (Å²) >= 11 is 0. The molecule has 7 heterocycles. The van der Waals surface area contributed by atoms with E-state index in [4.69, 9.17) is 61.6 Å². The Morgan fingerprint density at radius 2 is 0.808 bits per heavy atom. The van der Waals surface area contributed by atoms with Crippen molar-refractivity contribution in [2.75, 3.05) is 46.2 Å². The van der Waals surface area contributed by atoms with Gasteiger partial charge in [0.15, 0.2) is 37.7 Å². The molecule has 7 saturated heterocycles. The molecule has 0 aromatic carbocycles. The molecule has 7 rings (SSSR count). The van der Waals surface area contributed by atoms with Crippen LogP contribution >= 0.6 is 0 Å². The fourth-order valence-corrected chi connectivity index (χ4v) is 12.5. The molecule has 570 valence electrons. The van der Waals surface area contributed by atoms with Gasteiger partial charge in [-0.2, -0.15) is 0 Å². The minimum atomic E-state index is -3.05. The van der Waals surface area contributed by atoms with Crippen LogP contribution in [0.2, 0.25) is 0 Å². The molecule has 7 aliphatic rings. The number of carbonyl (C=O) groups excluding carboxylic acids is 5. The van der Waals surface area contributed by atoms with Crippen molar-refractivity contribution in [1.82, 2.24) is 26.6 Å². The Labute approximate surface area is 560 Å². The summed E-state index contributed by atoms with van der Waals surface area (Å²) < 4.78 is 76.1. The second kappa shape index (κ2) is 35.3. The Morgan fingerprint density at radius 1 is 0.414 bits per heavy atom. The molecule has 99 heavy (non-hydrogen) atoms. The summed E-state index contributed by atoms with van der Waals surface area (Å²) in [5, 5.41) is 231. The molecule has 0 aromatic heterocycles. The predicted octanol–water partition coefficient (Wildman–Crippen LogP) is -16.4. The molecule has 44 heteroatoms. The molecule has 0 aromatic rings. The second-order valence-corrected chi connectivity index (χ2v) is 24.7. The topological polar surface area (TPSA) is 687 Å². The number of aliphatic carboxylic acids is 1. The van der Waals surface area contributed by atoms with E-state index in [2.05, 4.69) is 26.6 Å². The number of amides is 5. The maximum atomic E-state index is 13.1. The number of ether oxygens (including phenoxy) is 13. The highest BCUT2D eigenvalue weighted by atomic mass is 16.8. The van der Waals surface area contributed by atoms with E-state index in [1.54, 1.807) is 0 Å². The van der Waals surface area contributed by atoms with Crippen molar-refractivity contribution in [3.63, 3.8) is 0 Å². The summed E-state index contributed by atoms with van der Waals surface area (Å²) in [5.74, 6) is -9.49. The first-order valence-corrected chi connectivity index (χ1v) is 31.2. The lowest BCUT2D eigenvalue weighted by molar-refractivity contribution is -0.383. The van der Waals surface area contributed by atoms with Crippen molar-refractivity contribution in [2.24, 2.45) is 0 Å². The third-order valence-corrected chi connectivity index (χ3v) is 17.5. The molecule has 36 atom stereocenters. The van der Waals surface area contributed by atoms with E-state index in [-0.39, 0.29) is 0 Å². The number of carboxylic acid groups (broad SMARTS) is 1. The van der Waals surface area contributed by atoms with E-state index in [9.17, 15) is 131 Å². The average molecular weight is 1450 g/mol. The van der Waals surface area contributed by atoms with Gasteiger partial charge >= 0.3 is 5.97 Å². The first-order valence-electron chi connectivity index (χ1n) is 31.2. The molecule has 44 nitrogen and oxygen atoms in total. The number of aliphatic hydroxyl groups excluding tert-OH is 19. The molecular formula is C55H91N5O39. The van der Waals surface area contributed by atoms with E-state index in [0.717, 1.165) is 34.6 Å². The van der Waals surface area contributed by atoms with Gasteiger partial charge in [0, 0.05) is 41.0 Å². The van der Waals surface area contributed by atoms with Gasteiger partial charge in [0.05, 0.1) is 58.4 Å². The van der Waals surface area contributed by atoms with Crippen molar-refractivity contribution in [2.45, 2.75) is 261 Å². The van der Waals surface area contributed by atoms with Gasteiger partial charge in [-0.25, -0.2) is 4.79 Å². The minimum Gasteiger partial charge on any atom is -0.477 e. The molecular weight excluding hydrogens is 1350 g/mol. The van der Waals surface area contributed by atoms with Crippen LogP contribution in [0.4, 0.5) is 0 Å². The van der Waals surface area contributed by atoms with Crippen LogP contribution < -0.4 is 26.6 Å². The van der Waals surface area contributed by atoms with Crippen molar-refractivity contribution in [1.29, 1.82) is 0 Å². The van der Waals surface area contributed by atoms with Crippen LogP contribution in [0.25, 0.3) is 0 Å². The van der Waals surface area contributed by atoms with E-state index in [0.29, 0.717) is 0 Å². The van der Waals surface area contributed by atoms with Gasteiger partial charge in [-0.05, 0) is 0 Å². The van der Waals surface area contributed by atoms with Gasteiger partial charge in [-0.3, -0.25) is 24.0 Å². The Bertz CT molecular complexity index is 2670. The lowest BCUT2D eigenvalue weighted by atomic mass is 9.88. The van der Waals surface area contributed by atoms with Crippen LogP contribution in [0, 0.1) is 0 Å². The Hall–Kier alpha value is -4.46. The molecule has 0 saturated carbocycles. The lowest BCUT2D eigenvalue weighted by Crippen LogP contribution is -2.71. The lowest BCUT2D eigenvalue weighted by Gasteiger charge is -2.51. The van der Waals surface area contributed by atoms with Crippen LogP contribution in [-0.2, 0) is 90.3 Å². The smallest absolute Gasteiger partial charge is 0.364 e. The molecule has 7 fully saturated rings. The zero-order chi connectivity index (χ0) is 73.6. The predicted molar refractivity (Wildman–Crippen MR) is 307 cm³/mol. The maximum Gasteiger partial charge on any atom is 0.364 e. The summed E-state index contributed by atoms with van der Waals surface area (Å²) in [6.07, 6.45) is -62.1. The molecule has 0 bridgehead atoms. The fraction of sp³-hybridized carbons (Fsp3) is 0.891. The van der Waals surface area contributed by atoms with E-state index >= 15 is 0 Å². The summed E-state index contributed by atoms with van der Waals surface area (Å²) in [4.78, 5) is 76.0. The van der Waals surface area contributed by atoms with E-state index in [1.807, 2.05) is 0 Å². The monoisotopic (exact) mass is 1450 g/mol. The van der Waals surface area contributed by atoms with Crippen LogP contribution in [0.1, 0.15) is 41.0 Å². The highest BCUT2D eigenvalue weighted by Gasteiger charge is 2.61. The molecule has 7 aliphatic heterocycles. The Balaban J connectivity index is 1.19. The minimum absolute atomic E-state index is 0.797. The van der Waals surface area contributed by atoms with Gasteiger partial charge in [-0.15, -0.1) is 0 Å². The fourth-order valence-electron chi connectivity index (χ4n) is 12.5. The number of carbonyl (C=O) groups is 6. The number of carboxylic acids is 1. The molecule has 1 unspecified atom stereocenters. The summed E-state index contributed by atoms with van der Waals surface area (Å²) in [6, 6.07) is -9.02. The number of aliphatic hydroxyl groups is 19. The van der Waals surface area contributed by atoms with E-state index < -0.39 is 308 Å². The third-order valence-electron chi connectivity index (χ3n) is 17.5. The first kappa shape index (κ1) is 81.8. The quantitative estimate of drug-likeness (QED) is 0.0363. The summed E-state index contributed by atoms with van der Waals surface area (Å²) in [5.41, 5.74) is 0. The van der Waals surface area contributed by atoms with Gasteiger partial charge in [0.2, 0.25) is 29.5 Å². The van der Waals surface area contributed by atoms with Crippen molar-refractivity contribution >= 4 is 35.5 Å². The summed E-state index contributed by atoms with van der Waals surface area (Å²) in [7, 11) is 0. The van der Waals surface area contributed by atoms with Gasteiger partial charge in [0.25, 0.3) is 5.79 Å². The van der Waals surface area contributed by atoms with Gasteiger partial charge in [0.1, 0.15) is 165 Å². The molecule has 5 amide bonds. The van der Waals surface area contributed by atoms with Crippen molar-refractivity contribution in [3.8, 4) is 0 Å². The SMILES string of the molecule is CC(=O)N[C@H]1[C@H](OC[C@H]2O[C@@H](O[C@H]3[C@H](O)[C@@H](NC(C)=O)[C@H](O[C@H]4[C@@H](O)[C@@H](CO[C@]5(C(=O)O)C[C@H](O)[C@@H](NC(C)=O)[C@H]([C@H](O)[C@H](O)CO)O5)OC(O)[C@@H]4NC(C)=O)O[C@@H]3CO)[C@H](O)[C@@H](O[C@@H]3O[C@H](CO)[C@@H](O[C@@H]4O[C@H](CO)[C@H](O)[C@H](O)[C@H]4O)[C@H](O)[C@H]3NC(C)=O)[C@H]2O)O[C@H](CO)[C@@H](O)[C@H]1O. The maximum absolute atomic E-state index is 13.1. The standard InChI is InChI=1S/C55H91N5O39/c1-14(66)56-27-19(71)6-55(54(85)86,99-46(27)32(73)20(72)7-61)88-13-26-35(76)45(31(48(84)89-26)60-18(5)70)97-50-29(58-16(3)68)38(79)44(24(11-65)92-50)96-53-42(83)47(36(77)25(94-53)12-87-49-28(57-15(2)67)37(78)33(74)21(8-62)90-49)98-51-30(59-17(4)69)39(80)43(23(10-64)93-51)95-52-41(82)40(81)34(75)22(9-63)91-52/h19-53,61-65,71-84H,6-13H2,1-5H3,(H,56,66)(H,57,67)(H,58,68)(H,59,69)(H,60,70)(H,85,86)/t19-,20+,21+,22+,23+,24+,25+,26+,27+,28+,29+,30+,31+,32+,33+,34-,35-,36-,37-,38+,39+,40-,41+,42+,43+,44+,45+,46+,47-,48?,49+,50-,51-,52-,53-,55+/m0/s1. The molecule has 0 radical (unpaired) electrons. The molecule has 0 aliphatic carbocycles. The molecule has 0 spiro atoms. The molecule has 25 N–H and O–H groups in total. The number of hydrogen-bond acceptors (Lipinski definition) is 38. The van der Waals surface area contributed by atoms with Crippen LogP contribution in [0.3, 0.4) is 0 Å². The zero-order valence-electron chi connectivity index (χ0n) is 53.6. The van der Waals surface area contributed by atoms with Crippen molar-refractivity contribution in [3.05, 3.63) is 0 Å². The van der Waals surface area contributed by atoms with Gasteiger partial charge < -0.3 is 190 Å². The van der Waals surface area contributed by atoms with Crippen LogP contribution in [-0.4, -0.2) is 404 Å². The van der Waals surface area contributed by atoms with E-state index in [1.165, 1.54) is 0 Å². The average Bonchev–Trinajstić information content (AvgIpc) is 0.771. The normalized spacial score (nSPS) is 44.9. The summed E-state index contributed by atoms with van der Waals surface area (Å²) in [6.45, 7) is -2.63. The highest BCUT2D eigenvalue weighted by molar-refractivity contribution is 5.77. The van der Waals surface area contributed by atoms with Gasteiger partial charge in [-0.1, -0.05) is 0 Å². The van der Waals surface area contributed by atoms with Crippen molar-refractivity contribution < 1.29 is 192 Å². The van der Waals surface area contributed by atoms with Crippen LogP contribution in [0.5, 0.6) is 0 Å². The Kier molecular flexibility index (Phi) is 29.2. The second-order valence-electron chi connectivity index (χ2n) is 24.7.